The molecule has 0 spiro atoms. The van der Waals surface area contributed by atoms with Crippen molar-refractivity contribution >= 4 is 11.7 Å². The van der Waals surface area contributed by atoms with E-state index in [-0.39, 0.29) is 23.9 Å². The monoisotopic (exact) mass is 221 g/mol. The zero-order valence-electron chi connectivity index (χ0n) is 8.70. The highest BCUT2D eigenvalue weighted by molar-refractivity contribution is 6.03. The predicted octanol–water partition coefficient (Wildman–Crippen LogP) is 1.07. The van der Waals surface area contributed by atoms with Crippen molar-refractivity contribution in [1.29, 1.82) is 0 Å². The van der Waals surface area contributed by atoms with E-state index in [4.69, 9.17) is 0 Å². The molecule has 16 heavy (non-hydrogen) atoms. The molecule has 2 rings (SSSR count). The van der Waals surface area contributed by atoms with E-state index in [1.54, 1.807) is 12.1 Å². The molecule has 1 aromatic rings. The Labute approximate surface area is 92.7 Å². The van der Waals surface area contributed by atoms with Gasteiger partial charge in [0.05, 0.1) is 5.92 Å². The van der Waals surface area contributed by atoms with Crippen LogP contribution in [-0.4, -0.2) is 18.2 Å². The Bertz CT molecular complexity index is 414. The van der Waals surface area contributed by atoms with Crippen molar-refractivity contribution in [3.05, 3.63) is 35.6 Å². The average molecular weight is 221 g/mol. The van der Waals surface area contributed by atoms with Crippen molar-refractivity contribution in [2.45, 2.75) is 12.8 Å². The fourth-order valence-electron chi connectivity index (χ4n) is 1.83. The first-order chi connectivity index (χ1) is 7.66. The van der Waals surface area contributed by atoms with E-state index in [9.17, 15) is 14.0 Å². The van der Waals surface area contributed by atoms with Crippen LogP contribution in [0.3, 0.4) is 0 Å². The van der Waals surface area contributed by atoms with Gasteiger partial charge >= 0.3 is 0 Å². The van der Waals surface area contributed by atoms with Gasteiger partial charge in [-0.05, 0) is 24.1 Å². The molecule has 0 radical (unpaired) electrons. The number of hydrogen-bond acceptors (Lipinski definition) is 2. The maximum atomic E-state index is 12.6. The lowest BCUT2D eigenvalue weighted by Crippen LogP contribution is -2.26. The largest absolute Gasteiger partial charge is 0.355 e. The molecule has 1 aromatic carbocycles. The SMILES string of the molecule is O=C(Cc1ccc(F)cc1)C1CCNC1=O. The summed E-state index contributed by atoms with van der Waals surface area (Å²) in [6, 6.07) is 5.77. The van der Waals surface area contributed by atoms with Crippen molar-refractivity contribution in [3.8, 4) is 0 Å². The summed E-state index contributed by atoms with van der Waals surface area (Å²) >= 11 is 0. The van der Waals surface area contributed by atoms with Gasteiger partial charge in [-0.25, -0.2) is 4.39 Å². The first-order valence-corrected chi connectivity index (χ1v) is 5.21. The molecular formula is C12H12FNO2. The number of carbonyl (C=O) groups is 2. The minimum Gasteiger partial charge on any atom is -0.355 e. The molecule has 1 heterocycles. The lowest BCUT2D eigenvalue weighted by atomic mass is 9.97. The second-order valence-corrected chi connectivity index (χ2v) is 3.90. The standard InChI is InChI=1S/C12H12FNO2/c13-9-3-1-8(2-4-9)7-11(15)10-5-6-14-12(10)16/h1-4,10H,5-7H2,(H,14,16). The van der Waals surface area contributed by atoms with Crippen LogP contribution in [0, 0.1) is 11.7 Å². The van der Waals surface area contributed by atoms with E-state index >= 15 is 0 Å². The number of rotatable bonds is 3. The zero-order chi connectivity index (χ0) is 11.5. The lowest BCUT2D eigenvalue weighted by molar-refractivity contribution is -0.131. The van der Waals surface area contributed by atoms with Crippen LogP contribution in [0.15, 0.2) is 24.3 Å². The second-order valence-electron chi connectivity index (χ2n) is 3.90. The summed E-state index contributed by atoms with van der Waals surface area (Å²) in [5, 5.41) is 2.63. The summed E-state index contributed by atoms with van der Waals surface area (Å²) in [6.07, 6.45) is 0.761. The third-order valence-corrected chi connectivity index (χ3v) is 2.73. The smallest absolute Gasteiger partial charge is 0.230 e. The number of hydrogen-bond donors (Lipinski definition) is 1. The highest BCUT2D eigenvalue weighted by Gasteiger charge is 2.30. The Morgan fingerprint density at radius 3 is 2.62 bits per heavy atom. The van der Waals surface area contributed by atoms with Crippen molar-refractivity contribution in [3.63, 3.8) is 0 Å². The van der Waals surface area contributed by atoms with Gasteiger partial charge in [-0.2, -0.15) is 0 Å². The van der Waals surface area contributed by atoms with Gasteiger partial charge in [-0.3, -0.25) is 9.59 Å². The third-order valence-electron chi connectivity index (χ3n) is 2.73. The van der Waals surface area contributed by atoms with E-state index in [0.29, 0.717) is 13.0 Å². The van der Waals surface area contributed by atoms with E-state index < -0.39 is 5.92 Å². The van der Waals surface area contributed by atoms with E-state index in [1.165, 1.54) is 12.1 Å². The quantitative estimate of drug-likeness (QED) is 0.776. The minimum absolute atomic E-state index is 0.0957. The van der Waals surface area contributed by atoms with Crippen LogP contribution in [0.2, 0.25) is 0 Å². The van der Waals surface area contributed by atoms with Gasteiger partial charge in [-0.15, -0.1) is 0 Å². The number of amides is 1. The molecule has 0 bridgehead atoms. The molecule has 3 nitrogen and oxygen atoms in total. The molecule has 1 atom stereocenters. The van der Waals surface area contributed by atoms with Crippen LogP contribution in [0.25, 0.3) is 0 Å². The van der Waals surface area contributed by atoms with E-state index in [2.05, 4.69) is 5.32 Å². The molecule has 1 N–H and O–H groups in total. The van der Waals surface area contributed by atoms with Gasteiger partial charge in [0.2, 0.25) is 5.91 Å². The number of carbonyl (C=O) groups excluding carboxylic acids is 2. The molecule has 1 fully saturated rings. The number of halogens is 1. The maximum absolute atomic E-state index is 12.6. The molecule has 1 saturated heterocycles. The van der Waals surface area contributed by atoms with E-state index in [0.717, 1.165) is 5.56 Å². The Morgan fingerprint density at radius 2 is 2.06 bits per heavy atom. The number of Topliss-reactive ketones (excluding diaryl/α,β-unsaturated/α-hetero) is 1. The molecule has 0 aromatic heterocycles. The van der Waals surface area contributed by atoms with Crippen LogP contribution in [0.1, 0.15) is 12.0 Å². The second kappa shape index (κ2) is 4.43. The fraction of sp³-hybridized carbons (Fsp3) is 0.333. The van der Waals surface area contributed by atoms with Gasteiger partial charge in [0.25, 0.3) is 0 Å². The van der Waals surface area contributed by atoms with Crippen molar-refractivity contribution in [2.24, 2.45) is 5.92 Å². The summed E-state index contributed by atoms with van der Waals surface area (Å²) in [5.41, 5.74) is 0.742. The van der Waals surface area contributed by atoms with Crippen LogP contribution >= 0.6 is 0 Å². The number of benzene rings is 1. The van der Waals surface area contributed by atoms with Crippen LogP contribution in [0.5, 0.6) is 0 Å². The molecule has 1 aliphatic heterocycles. The van der Waals surface area contributed by atoms with Gasteiger partial charge in [0, 0.05) is 13.0 Å². The summed E-state index contributed by atoms with van der Waals surface area (Å²) in [5.74, 6) is -1.13. The first kappa shape index (κ1) is 10.8. The molecule has 1 amide bonds. The molecule has 1 aliphatic rings. The highest BCUT2D eigenvalue weighted by Crippen LogP contribution is 2.14. The van der Waals surface area contributed by atoms with Gasteiger partial charge < -0.3 is 5.32 Å². The first-order valence-electron chi connectivity index (χ1n) is 5.21. The topological polar surface area (TPSA) is 46.2 Å². The Kier molecular flexibility index (Phi) is 2.99. The van der Waals surface area contributed by atoms with Crippen LogP contribution < -0.4 is 5.32 Å². The molecule has 4 heteroatoms. The fourth-order valence-corrected chi connectivity index (χ4v) is 1.83. The maximum Gasteiger partial charge on any atom is 0.230 e. The van der Waals surface area contributed by atoms with Crippen molar-refractivity contribution < 1.29 is 14.0 Å². The Morgan fingerprint density at radius 1 is 1.38 bits per heavy atom. The van der Waals surface area contributed by atoms with Gasteiger partial charge in [0.1, 0.15) is 11.6 Å². The number of ketones is 1. The summed E-state index contributed by atoms with van der Waals surface area (Å²) < 4.78 is 12.6. The zero-order valence-corrected chi connectivity index (χ0v) is 8.70. The summed E-state index contributed by atoms with van der Waals surface area (Å²) in [4.78, 5) is 23.0. The lowest BCUT2D eigenvalue weighted by Gasteiger charge is -2.05. The highest BCUT2D eigenvalue weighted by atomic mass is 19.1. The third kappa shape index (κ3) is 2.27. The van der Waals surface area contributed by atoms with Crippen molar-refractivity contribution in [1.82, 2.24) is 5.32 Å². The van der Waals surface area contributed by atoms with Gasteiger partial charge in [0.15, 0.2) is 0 Å². The van der Waals surface area contributed by atoms with E-state index in [1.807, 2.05) is 0 Å². The molecule has 0 aliphatic carbocycles. The normalized spacial score (nSPS) is 19.6. The molecular weight excluding hydrogens is 209 g/mol. The summed E-state index contributed by atoms with van der Waals surface area (Å²) in [7, 11) is 0. The number of nitrogens with one attached hydrogen (secondary N) is 1. The molecule has 1 unspecified atom stereocenters. The van der Waals surface area contributed by atoms with Crippen LogP contribution in [-0.2, 0) is 16.0 Å². The molecule has 0 saturated carbocycles. The summed E-state index contributed by atoms with van der Waals surface area (Å²) in [6.45, 7) is 0.568. The van der Waals surface area contributed by atoms with Gasteiger partial charge in [-0.1, -0.05) is 12.1 Å². The average Bonchev–Trinajstić information content (AvgIpc) is 2.68. The van der Waals surface area contributed by atoms with Crippen molar-refractivity contribution in [2.75, 3.05) is 6.54 Å². The Hall–Kier alpha value is -1.71. The Balaban J connectivity index is 2.02. The minimum atomic E-state index is -0.523. The molecule has 84 valence electrons. The van der Waals surface area contributed by atoms with Crippen LogP contribution in [0.4, 0.5) is 4.39 Å². The predicted molar refractivity (Wildman–Crippen MR) is 56.2 cm³/mol.